The topological polar surface area (TPSA) is 59.6 Å². The molecule has 5 nitrogen and oxygen atoms in total. The Kier molecular flexibility index (Phi) is 6.69. The Labute approximate surface area is 149 Å². The number of hydrogen-bond acceptors (Lipinski definition) is 3. The molecule has 134 valence electrons. The van der Waals surface area contributed by atoms with E-state index in [2.05, 4.69) is 23.6 Å². The van der Waals surface area contributed by atoms with Crippen molar-refractivity contribution in [3.63, 3.8) is 0 Å². The van der Waals surface area contributed by atoms with Gasteiger partial charge < -0.3 is 20.1 Å². The van der Waals surface area contributed by atoms with E-state index in [9.17, 15) is 4.79 Å². The van der Waals surface area contributed by atoms with Gasteiger partial charge in [-0.2, -0.15) is 0 Å². The number of urea groups is 1. The number of ether oxygens (including phenoxy) is 2. The van der Waals surface area contributed by atoms with E-state index in [1.165, 1.54) is 5.56 Å². The molecule has 5 heteroatoms. The van der Waals surface area contributed by atoms with Gasteiger partial charge in [0.1, 0.15) is 18.1 Å². The Morgan fingerprint density at radius 3 is 2.48 bits per heavy atom. The monoisotopic (exact) mass is 342 g/mol. The van der Waals surface area contributed by atoms with E-state index in [-0.39, 0.29) is 6.03 Å². The predicted octanol–water partition coefficient (Wildman–Crippen LogP) is 3.50. The van der Waals surface area contributed by atoms with Gasteiger partial charge in [-0.3, -0.25) is 0 Å². The van der Waals surface area contributed by atoms with E-state index < -0.39 is 0 Å². The minimum absolute atomic E-state index is 0.229. The first-order valence-electron chi connectivity index (χ1n) is 8.36. The molecule has 0 spiro atoms. The Hall–Kier alpha value is -2.69. The van der Waals surface area contributed by atoms with Crippen LogP contribution >= 0.6 is 0 Å². The van der Waals surface area contributed by atoms with Gasteiger partial charge >= 0.3 is 6.03 Å². The Balaban J connectivity index is 1.75. The van der Waals surface area contributed by atoms with E-state index in [4.69, 9.17) is 9.47 Å². The van der Waals surface area contributed by atoms with Gasteiger partial charge in [0.2, 0.25) is 0 Å². The standard InChI is InChI=1S/C20H26N2O3/c1-14-9-10-15(2)19(16(14)3)25-12-11-21-20(23)22-13-17-7-5-6-8-18(17)24-4/h5-10H,11-13H2,1-4H3,(H2,21,22,23). The third kappa shape index (κ3) is 5.14. The maximum atomic E-state index is 11.9. The van der Waals surface area contributed by atoms with E-state index in [1.54, 1.807) is 7.11 Å². The lowest BCUT2D eigenvalue weighted by Crippen LogP contribution is -2.37. The summed E-state index contributed by atoms with van der Waals surface area (Å²) in [6, 6.07) is 11.5. The van der Waals surface area contributed by atoms with Crippen LogP contribution in [0.1, 0.15) is 22.3 Å². The lowest BCUT2D eigenvalue weighted by molar-refractivity contribution is 0.236. The van der Waals surface area contributed by atoms with Gasteiger partial charge in [-0.05, 0) is 43.5 Å². The molecule has 0 bridgehead atoms. The Morgan fingerprint density at radius 2 is 1.72 bits per heavy atom. The molecule has 0 unspecified atom stereocenters. The highest BCUT2D eigenvalue weighted by Crippen LogP contribution is 2.25. The lowest BCUT2D eigenvalue weighted by Gasteiger charge is -2.14. The summed E-state index contributed by atoms with van der Waals surface area (Å²) in [5, 5.41) is 5.62. The van der Waals surface area contributed by atoms with Gasteiger partial charge in [0.05, 0.1) is 13.7 Å². The summed E-state index contributed by atoms with van der Waals surface area (Å²) < 4.78 is 11.1. The average Bonchev–Trinajstić information content (AvgIpc) is 2.62. The number of rotatable bonds is 7. The van der Waals surface area contributed by atoms with Crippen LogP contribution < -0.4 is 20.1 Å². The minimum Gasteiger partial charge on any atom is -0.496 e. The SMILES string of the molecule is COc1ccccc1CNC(=O)NCCOc1c(C)ccc(C)c1C. The first-order valence-corrected chi connectivity index (χ1v) is 8.36. The lowest BCUT2D eigenvalue weighted by atomic mass is 10.1. The number of carbonyl (C=O) groups excluding carboxylic acids is 1. The fraction of sp³-hybridized carbons (Fsp3) is 0.350. The largest absolute Gasteiger partial charge is 0.496 e. The van der Waals surface area contributed by atoms with Crippen LogP contribution in [0, 0.1) is 20.8 Å². The van der Waals surface area contributed by atoms with Gasteiger partial charge in [-0.1, -0.05) is 30.3 Å². The number of amides is 2. The molecular formula is C20H26N2O3. The molecule has 0 saturated heterocycles. The quantitative estimate of drug-likeness (QED) is 0.757. The number of para-hydroxylation sites is 1. The van der Waals surface area contributed by atoms with Gasteiger partial charge in [0.25, 0.3) is 0 Å². The van der Waals surface area contributed by atoms with Crippen molar-refractivity contribution in [2.45, 2.75) is 27.3 Å². The van der Waals surface area contributed by atoms with Crippen LogP contribution in [0.4, 0.5) is 4.79 Å². The molecule has 0 aromatic heterocycles. The van der Waals surface area contributed by atoms with Crippen LogP contribution in [0.15, 0.2) is 36.4 Å². The summed E-state index contributed by atoms with van der Waals surface area (Å²) in [5.41, 5.74) is 4.37. The van der Waals surface area contributed by atoms with E-state index in [0.717, 1.165) is 28.2 Å². The zero-order valence-electron chi connectivity index (χ0n) is 15.3. The number of hydrogen-bond donors (Lipinski definition) is 2. The fourth-order valence-corrected chi connectivity index (χ4v) is 2.55. The number of methoxy groups -OCH3 is 1. The van der Waals surface area contributed by atoms with Crippen molar-refractivity contribution in [3.8, 4) is 11.5 Å². The summed E-state index contributed by atoms with van der Waals surface area (Å²) >= 11 is 0. The summed E-state index contributed by atoms with van der Waals surface area (Å²) in [7, 11) is 1.62. The van der Waals surface area contributed by atoms with Gasteiger partial charge in [0, 0.05) is 12.1 Å². The number of benzene rings is 2. The van der Waals surface area contributed by atoms with Crippen LogP contribution in [-0.2, 0) is 6.54 Å². The molecule has 2 aromatic carbocycles. The second-order valence-electron chi connectivity index (χ2n) is 5.92. The zero-order valence-corrected chi connectivity index (χ0v) is 15.3. The summed E-state index contributed by atoms with van der Waals surface area (Å²) in [4.78, 5) is 11.9. The summed E-state index contributed by atoms with van der Waals surface area (Å²) in [6.45, 7) is 7.40. The van der Waals surface area contributed by atoms with Crippen molar-refractivity contribution in [2.24, 2.45) is 0 Å². The van der Waals surface area contributed by atoms with Gasteiger partial charge in [-0.15, -0.1) is 0 Å². The molecule has 0 atom stereocenters. The molecular weight excluding hydrogens is 316 g/mol. The molecule has 0 aliphatic heterocycles. The molecule has 0 heterocycles. The highest BCUT2D eigenvalue weighted by atomic mass is 16.5. The molecule has 0 fully saturated rings. The maximum Gasteiger partial charge on any atom is 0.315 e. The molecule has 0 saturated carbocycles. The fourth-order valence-electron chi connectivity index (χ4n) is 2.55. The Bertz CT molecular complexity index is 729. The maximum absolute atomic E-state index is 11.9. The molecule has 0 radical (unpaired) electrons. The molecule has 2 amide bonds. The zero-order chi connectivity index (χ0) is 18.2. The van der Waals surface area contributed by atoms with Gasteiger partial charge in [-0.25, -0.2) is 4.79 Å². The summed E-state index contributed by atoms with van der Waals surface area (Å²) in [5.74, 6) is 1.66. The summed E-state index contributed by atoms with van der Waals surface area (Å²) in [6.07, 6.45) is 0. The number of aryl methyl sites for hydroxylation is 2. The van der Waals surface area contributed by atoms with E-state index in [0.29, 0.717) is 19.7 Å². The highest BCUT2D eigenvalue weighted by molar-refractivity contribution is 5.73. The second-order valence-corrected chi connectivity index (χ2v) is 5.92. The van der Waals surface area contributed by atoms with Crippen molar-refractivity contribution in [1.29, 1.82) is 0 Å². The molecule has 2 N–H and O–H groups in total. The normalized spacial score (nSPS) is 10.2. The van der Waals surface area contributed by atoms with Crippen molar-refractivity contribution >= 4 is 6.03 Å². The number of carbonyl (C=O) groups is 1. The van der Waals surface area contributed by atoms with Crippen LogP contribution in [-0.4, -0.2) is 26.3 Å². The third-order valence-electron chi connectivity index (χ3n) is 4.14. The molecule has 25 heavy (non-hydrogen) atoms. The van der Waals surface area contributed by atoms with E-state index in [1.807, 2.05) is 44.2 Å². The first kappa shape index (κ1) is 18.6. The van der Waals surface area contributed by atoms with Crippen LogP contribution in [0.25, 0.3) is 0 Å². The first-order chi connectivity index (χ1) is 12.0. The molecule has 0 aliphatic carbocycles. The Morgan fingerprint density at radius 1 is 1.00 bits per heavy atom. The average molecular weight is 342 g/mol. The van der Waals surface area contributed by atoms with Crippen molar-refractivity contribution in [3.05, 3.63) is 58.7 Å². The van der Waals surface area contributed by atoms with E-state index >= 15 is 0 Å². The van der Waals surface area contributed by atoms with Crippen molar-refractivity contribution < 1.29 is 14.3 Å². The predicted molar refractivity (Wildman–Crippen MR) is 99.4 cm³/mol. The van der Waals surface area contributed by atoms with Gasteiger partial charge in [0.15, 0.2) is 0 Å². The molecule has 2 rings (SSSR count). The van der Waals surface area contributed by atoms with Crippen molar-refractivity contribution in [2.75, 3.05) is 20.3 Å². The minimum atomic E-state index is -0.229. The van der Waals surface area contributed by atoms with Crippen LogP contribution in [0.5, 0.6) is 11.5 Å². The molecule has 2 aromatic rings. The van der Waals surface area contributed by atoms with Crippen molar-refractivity contribution in [1.82, 2.24) is 10.6 Å². The second kappa shape index (κ2) is 8.97. The number of nitrogens with one attached hydrogen (secondary N) is 2. The highest BCUT2D eigenvalue weighted by Gasteiger charge is 2.07. The smallest absolute Gasteiger partial charge is 0.315 e. The van der Waals surface area contributed by atoms with Crippen LogP contribution in [0.2, 0.25) is 0 Å². The van der Waals surface area contributed by atoms with Crippen LogP contribution in [0.3, 0.4) is 0 Å². The molecule has 0 aliphatic rings. The third-order valence-corrected chi connectivity index (χ3v) is 4.14.